The molecule has 0 aromatic heterocycles. The van der Waals surface area contributed by atoms with Crippen LogP contribution in [0.4, 0.5) is 13.6 Å². The minimum Gasteiger partial charge on any atom is -0.341 e. The second-order valence-electron chi connectivity index (χ2n) is 13.8. The summed E-state index contributed by atoms with van der Waals surface area (Å²) >= 11 is 0. The van der Waals surface area contributed by atoms with Crippen molar-refractivity contribution in [3.63, 3.8) is 0 Å². The van der Waals surface area contributed by atoms with E-state index in [1.54, 1.807) is 12.1 Å². The van der Waals surface area contributed by atoms with Crippen LogP contribution in [0.5, 0.6) is 0 Å². The Kier molecular flexibility index (Phi) is 10.6. The molecule has 2 aromatic rings. The fourth-order valence-electron chi connectivity index (χ4n) is 7.63. The first-order valence-electron chi connectivity index (χ1n) is 16.4. The predicted octanol–water partition coefficient (Wildman–Crippen LogP) is 4.31. The van der Waals surface area contributed by atoms with Gasteiger partial charge in [-0.3, -0.25) is 14.5 Å². The summed E-state index contributed by atoms with van der Waals surface area (Å²) < 4.78 is 53.5. The van der Waals surface area contributed by atoms with Gasteiger partial charge in [0.25, 0.3) is 5.91 Å². The van der Waals surface area contributed by atoms with E-state index in [0.717, 1.165) is 16.4 Å². The van der Waals surface area contributed by atoms with E-state index >= 15 is 0 Å². The van der Waals surface area contributed by atoms with Crippen molar-refractivity contribution in [1.29, 1.82) is 0 Å². The molecule has 1 aliphatic carbocycles. The van der Waals surface area contributed by atoms with Gasteiger partial charge in [0.05, 0.1) is 11.4 Å². The number of sulfonamides is 1. The molecule has 2 aromatic carbocycles. The van der Waals surface area contributed by atoms with E-state index in [2.05, 4.69) is 22.3 Å². The Morgan fingerprint density at radius 3 is 2.17 bits per heavy atom. The first kappa shape index (κ1) is 36.2. The van der Waals surface area contributed by atoms with Crippen molar-refractivity contribution in [3.8, 4) is 0 Å². The highest BCUT2D eigenvalue weighted by atomic mass is 35.5. The number of likely N-dealkylation sites (tertiary alicyclic amines) is 2. The maximum atomic E-state index is 13.8. The standard InChI is InChI=1S/C34H43F2N5O5S.ClH/c1-38(2)47(45,46)28-10-8-24(9-11-28)20-41-31(43)33(37-32(41)44)16-18-39(19-17-33)21-27-22-40(23-29(27)25-6-4-3-5-7-25)30(42)26-12-14-34(35,36)15-13-26;/h3-11,26-27,29H,12-23H2,1-2H3,(H,37,44);1H. The van der Waals surface area contributed by atoms with Gasteiger partial charge in [0.15, 0.2) is 0 Å². The lowest BCUT2D eigenvalue weighted by atomic mass is 9.85. The average Bonchev–Trinajstić information content (AvgIpc) is 3.57. The van der Waals surface area contributed by atoms with Crippen LogP contribution in [0.2, 0.25) is 0 Å². The number of hydrogen-bond donors (Lipinski definition) is 1. The number of piperidine rings is 1. The topological polar surface area (TPSA) is 110 Å². The Bertz CT molecular complexity index is 1590. The van der Waals surface area contributed by atoms with E-state index in [1.807, 2.05) is 23.1 Å². The van der Waals surface area contributed by atoms with Crippen molar-refractivity contribution in [3.05, 3.63) is 65.7 Å². The maximum absolute atomic E-state index is 13.8. The van der Waals surface area contributed by atoms with Gasteiger partial charge >= 0.3 is 6.03 Å². The number of carbonyl (C=O) groups excluding carboxylic acids is 3. The highest BCUT2D eigenvalue weighted by Gasteiger charge is 2.52. The molecule has 262 valence electrons. The van der Waals surface area contributed by atoms with Crippen LogP contribution in [-0.4, -0.2) is 104 Å². The van der Waals surface area contributed by atoms with Crippen LogP contribution < -0.4 is 5.32 Å². The minimum atomic E-state index is -3.59. The number of imide groups is 1. The van der Waals surface area contributed by atoms with Crippen molar-refractivity contribution in [2.75, 3.05) is 46.8 Å². The molecule has 6 rings (SSSR count). The number of halogens is 3. The molecule has 0 bridgehead atoms. The van der Waals surface area contributed by atoms with E-state index in [0.29, 0.717) is 44.6 Å². The van der Waals surface area contributed by atoms with Gasteiger partial charge in [-0.05, 0) is 54.9 Å². The first-order valence-corrected chi connectivity index (χ1v) is 17.8. The molecule has 2 atom stereocenters. The Morgan fingerprint density at radius 2 is 1.56 bits per heavy atom. The summed E-state index contributed by atoms with van der Waals surface area (Å²) in [6.45, 7) is 3.08. The van der Waals surface area contributed by atoms with E-state index < -0.39 is 27.5 Å². The van der Waals surface area contributed by atoms with Crippen LogP contribution >= 0.6 is 12.4 Å². The molecule has 4 fully saturated rings. The second kappa shape index (κ2) is 14.0. The molecule has 1 N–H and O–H groups in total. The van der Waals surface area contributed by atoms with Crippen LogP contribution in [0.15, 0.2) is 59.5 Å². The fourth-order valence-corrected chi connectivity index (χ4v) is 8.53. The average molecular weight is 708 g/mol. The molecular formula is C34H44ClF2N5O5S. The monoisotopic (exact) mass is 707 g/mol. The van der Waals surface area contributed by atoms with Crippen molar-refractivity contribution in [2.24, 2.45) is 11.8 Å². The molecule has 0 radical (unpaired) electrons. The zero-order chi connectivity index (χ0) is 33.6. The summed E-state index contributed by atoms with van der Waals surface area (Å²) in [5.41, 5.74) is 0.814. The molecule has 4 amide bonds. The van der Waals surface area contributed by atoms with E-state index in [9.17, 15) is 31.6 Å². The number of hydrogen-bond acceptors (Lipinski definition) is 6. The van der Waals surface area contributed by atoms with Gasteiger partial charge in [0.1, 0.15) is 5.54 Å². The SMILES string of the molecule is CN(C)S(=O)(=O)c1ccc(CN2C(=O)NC3(CCN(CC4CN(C(=O)C5CCC(F)(F)CC5)CC4c4ccccc4)CC3)C2=O)cc1.Cl. The number of nitrogens with one attached hydrogen (secondary N) is 1. The number of benzene rings is 2. The van der Waals surface area contributed by atoms with Crippen LogP contribution in [0.25, 0.3) is 0 Å². The number of carbonyl (C=O) groups is 3. The van der Waals surface area contributed by atoms with Gasteiger partial charge in [-0.2, -0.15) is 0 Å². The molecule has 14 heteroatoms. The molecule has 4 aliphatic rings. The molecule has 3 aliphatic heterocycles. The van der Waals surface area contributed by atoms with E-state index in [4.69, 9.17) is 0 Å². The summed E-state index contributed by atoms with van der Waals surface area (Å²) in [5.74, 6) is -3.07. The number of nitrogens with zero attached hydrogens (tertiary/aromatic N) is 4. The minimum absolute atomic E-state index is 0. The first-order chi connectivity index (χ1) is 22.3. The normalized spacial score (nSPS) is 24.6. The van der Waals surface area contributed by atoms with Crippen molar-refractivity contribution in [1.82, 2.24) is 24.3 Å². The largest absolute Gasteiger partial charge is 0.341 e. The van der Waals surface area contributed by atoms with Crippen molar-refractivity contribution in [2.45, 2.75) is 67.3 Å². The van der Waals surface area contributed by atoms with Gasteiger partial charge < -0.3 is 15.1 Å². The predicted molar refractivity (Wildman–Crippen MR) is 178 cm³/mol. The third kappa shape index (κ3) is 7.24. The summed E-state index contributed by atoms with van der Waals surface area (Å²) in [6.07, 6.45) is 0.873. The molecule has 3 heterocycles. The summed E-state index contributed by atoms with van der Waals surface area (Å²) in [5, 5.41) is 2.95. The van der Waals surface area contributed by atoms with Crippen molar-refractivity contribution < 1.29 is 31.6 Å². The lowest BCUT2D eigenvalue weighted by molar-refractivity contribution is -0.139. The quantitative estimate of drug-likeness (QED) is 0.410. The number of rotatable bonds is 8. The highest BCUT2D eigenvalue weighted by molar-refractivity contribution is 7.89. The molecular weight excluding hydrogens is 664 g/mol. The molecule has 2 unspecified atom stereocenters. The van der Waals surface area contributed by atoms with E-state index in [1.165, 1.54) is 31.1 Å². The van der Waals surface area contributed by atoms with Crippen LogP contribution in [-0.2, 0) is 26.2 Å². The Morgan fingerprint density at radius 1 is 0.938 bits per heavy atom. The van der Waals surface area contributed by atoms with Gasteiger partial charge in [-0.1, -0.05) is 42.5 Å². The molecule has 1 spiro atoms. The summed E-state index contributed by atoms with van der Waals surface area (Å²) in [7, 11) is -0.678. The second-order valence-corrected chi connectivity index (χ2v) is 15.9. The number of urea groups is 1. The smallest absolute Gasteiger partial charge is 0.325 e. The van der Waals surface area contributed by atoms with Crippen molar-refractivity contribution >= 4 is 40.3 Å². The third-order valence-corrected chi connectivity index (χ3v) is 12.4. The zero-order valence-electron chi connectivity index (χ0n) is 27.3. The lowest BCUT2D eigenvalue weighted by Gasteiger charge is -2.39. The van der Waals surface area contributed by atoms with E-state index in [-0.39, 0.29) is 79.1 Å². The third-order valence-electron chi connectivity index (χ3n) is 10.5. The fraction of sp³-hybridized carbons (Fsp3) is 0.559. The molecule has 10 nitrogen and oxygen atoms in total. The molecule has 3 saturated heterocycles. The zero-order valence-corrected chi connectivity index (χ0v) is 28.9. The Labute approximate surface area is 287 Å². The number of amides is 4. The highest BCUT2D eigenvalue weighted by Crippen LogP contribution is 2.40. The Balaban J connectivity index is 0.00000451. The van der Waals surface area contributed by atoms with Gasteiger partial charge in [-0.15, -0.1) is 12.4 Å². The van der Waals surface area contributed by atoms with Gasteiger partial charge in [-0.25, -0.2) is 26.3 Å². The Hall–Kier alpha value is -3.13. The van der Waals surface area contributed by atoms with Gasteiger partial charge in [0, 0.05) is 71.5 Å². The van der Waals surface area contributed by atoms with Crippen LogP contribution in [0.3, 0.4) is 0 Å². The molecule has 48 heavy (non-hydrogen) atoms. The van der Waals surface area contributed by atoms with Crippen LogP contribution in [0, 0.1) is 11.8 Å². The summed E-state index contributed by atoms with van der Waals surface area (Å²) in [6, 6.07) is 15.8. The lowest BCUT2D eigenvalue weighted by Crippen LogP contribution is -2.55. The summed E-state index contributed by atoms with van der Waals surface area (Å²) in [4.78, 5) is 45.6. The molecule has 1 saturated carbocycles. The maximum Gasteiger partial charge on any atom is 0.325 e. The van der Waals surface area contributed by atoms with Gasteiger partial charge in [0.2, 0.25) is 21.9 Å². The van der Waals surface area contributed by atoms with Crippen LogP contribution in [0.1, 0.15) is 55.6 Å². The number of alkyl halides is 2.